The van der Waals surface area contributed by atoms with Gasteiger partial charge in [-0.1, -0.05) is 31.0 Å². The zero-order valence-corrected chi connectivity index (χ0v) is 23.6. The molecule has 2 aromatic carbocycles. The van der Waals surface area contributed by atoms with E-state index in [1.54, 1.807) is 21.3 Å². The number of aliphatic carboxylic acids is 1. The first-order valence-electron chi connectivity index (χ1n) is 12.3. The lowest BCUT2D eigenvalue weighted by Crippen LogP contribution is -2.46. The molecule has 1 aliphatic rings. The summed E-state index contributed by atoms with van der Waals surface area (Å²) in [5.41, 5.74) is 2.20. The van der Waals surface area contributed by atoms with Crippen LogP contribution in [-0.4, -0.2) is 70.1 Å². The van der Waals surface area contributed by atoms with Crippen LogP contribution >= 0.6 is 24.8 Å². The number of anilines is 1. The van der Waals surface area contributed by atoms with Crippen molar-refractivity contribution in [3.05, 3.63) is 42.0 Å². The van der Waals surface area contributed by atoms with Gasteiger partial charge in [0.15, 0.2) is 11.5 Å². The number of rotatable bonds is 14. The molecule has 0 unspecified atom stereocenters. The Kier molecular flexibility index (Phi) is 15.0. The van der Waals surface area contributed by atoms with Crippen molar-refractivity contribution in [2.75, 3.05) is 59.0 Å². The normalized spacial score (nSPS) is 13.2. The molecule has 0 aliphatic carbocycles. The van der Waals surface area contributed by atoms with Crippen LogP contribution in [0, 0.1) is 0 Å². The predicted octanol–water partition coefficient (Wildman–Crippen LogP) is 5.29. The lowest BCUT2D eigenvalue weighted by atomic mass is 10.1. The van der Waals surface area contributed by atoms with Gasteiger partial charge in [-0.25, -0.2) is 0 Å². The number of halogens is 2. The quantitative estimate of drug-likeness (QED) is 0.313. The van der Waals surface area contributed by atoms with Gasteiger partial charge in [-0.3, -0.25) is 9.69 Å². The number of methoxy groups -OCH3 is 3. The predicted molar refractivity (Wildman–Crippen MR) is 151 cm³/mol. The molecule has 1 N–H and O–H groups in total. The van der Waals surface area contributed by atoms with E-state index in [1.807, 2.05) is 24.3 Å². The standard InChI is InChI=1S/C27H38N2O6.2ClH/c1-32-23-11-8-7-10-22(23)29-17-15-28(16-18-29)20-21-13-14-24(33-2)27(34-3)26(21)35-19-9-5-4-6-12-25(30)31;;/h7-8,10-11,13-14H,4-6,9,12,15-20H2,1-3H3,(H,30,31);2*1H. The molecular formula is C27H40Cl2N2O6. The Labute approximate surface area is 232 Å². The Balaban J connectivity index is 0.00000342. The molecule has 1 aliphatic heterocycles. The monoisotopic (exact) mass is 558 g/mol. The molecule has 2 aromatic rings. The van der Waals surface area contributed by atoms with Crippen LogP contribution in [0.3, 0.4) is 0 Å². The van der Waals surface area contributed by atoms with Crippen LogP contribution in [-0.2, 0) is 11.3 Å². The summed E-state index contributed by atoms with van der Waals surface area (Å²) in [6.07, 6.45) is 3.59. The molecule has 208 valence electrons. The molecule has 0 atom stereocenters. The molecule has 37 heavy (non-hydrogen) atoms. The number of hydrogen-bond donors (Lipinski definition) is 1. The van der Waals surface area contributed by atoms with Crippen molar-refractivity contribution < 1.29 is 28.8 Å². The molecule has 3 rings (SSSR count). The summed E-state index contributed by atoms with van der Waals surface area (Å²) in [6.45, 7) is 4.99. The van der Waals surface area contributed by atoms with Crippen molar-refractivity contribution >= 4 is 36.5 Å². The van der Waals surface area contributed by atoms with E-state index < -0.39 is 5.97 Å². The summed E-state index contributed by atoms with van der Waals surface area (Å²) in [6, 6.07) is 12.1. The molecule has 0 saturated carbocycles. The van der Waals surface area contributed by atoms with Crippen molar-refractivity contribution in [2.24, 2.45) is 0 Å². The largest absolute Gasteiger partial charge is 0.495 e. The highest BCUT2D eigenvalue weighted by Gasteiger charge is 2.23. The maximum atomic E-state index is 10.7. The Morgan fingerprint density at radius 3 is 2.14 bits per heavy atom. The zero-order chi connectivity index (χ0) is 25.0. The molecule has 1 heterocycles. The summed E-state index contributed by atoms with van der Waals surface area (Å²) >= 11 is 0. The van der Waals surface area contributed by atoms with Gasteiger partial charge >= 0.3 is 5.97 Å². The zero-order valence-electron chi connectivity index (χ0n) is 21.9. The number of para-hydroxylation sites is 2. The summed E-state index contributed by atoms with van der Waals surface area (Å²) in [7, 11) is 4.97. The van der Waals surface area contributed by atoms with Gasteiger partial charge in [-0.05, 0) is 31.0 Å². The first-order chi connectivity index (χ1) is 17.1. The van der Waals surface area contributed by atoms with Crippen LogP contribution in [0.1, 0.15) is 37.7 Å². The third-order valence-electron chi connectivity index (χ3n) is 6.31. The second-order valence-electron chi connectivity index (χ2n) is 8.63. The topological polar surface area (TPSA) is 80.7 Å². The molecular weight excluding hydrogens is 519 g/mol. The van der Waals surface area contributed by atoms with Crippen molar-refractivity contribution in [3.63, 3.8) is 0 Å². The molecule has 0 spiro atoms. The SMILES string of the molecule is COc1ccccc1N1CCN(Cc2ccc(OC)c(OC)c2OCCCCCCC(=O)O)CC1.Cl.Cl. The number of benzene rings is 2. The summed E-state index contributed by atoms with van der Waals surface area (Å²) in [5, 5.41) is 8.77. The Morgan fingerprint density at radius 2 is 1.49 bits per heavy atom. The molecule has 0 radical (unpaired) electrons. The van der Waals surface area contributed by atoms with E-state index in [9.17, 15) is 4.79 Å². The van der Waals surface area contributed by atoms with Gasteiger partial charge in [-0.15, -0.1) is 24.8 Å². The minimum atomic E-state index is -0.740. The second kappa shape index (κ2) is 17.1. The second-order valence-corrected chi connectivity index (χ2v) is 8.63. The highest BCUT2D eigenvalue weighted by molar-refractivity contribution is 5.85. The van der Waals surface area contributed by atoms with E-state index in [0.717, 1.165) is 74.7 Å². The van der Waals surface area contributed by atoms with Crippen molar-refractivity contribution in [1.82, 2.24) is 4.90 Å². The highest BCUT2D eigenvalue weighted by atomic mass is 35.5. The number of ether oxygens (including phenoxy) is 4. The van der Waals surface area contributed by atoms with Gasteiger partial charge in [-0.2, -0.15) is 0 Å². The van der Waals surface area contributed by atoms with Crippen LogP contribution in [0.15, 0.2) is 36.4 Å². The summed E-state index contributed by atoms with van der Waals surface area (Å²) in [5.74, 6) is 2.15. The molecule has 1 saturated heterocycles. The number of carboxylic acids is 1. The molecule has 10 heteroatoms. The third kappa shape index (κ3) is 9.36. The molecule has 8 nitrogen and oxygen atoms in total. The Morgan fingerprint density at radius 1 is 0.811 bits per heavy atom. The molecule has 0 amide bonds. The minimum Gasteiger partial charge on any atom is -0.495 e. The van der Waals surface area contributed by atoms with E-state index in [4.69, 9.17) is 24.1 Å². The fraction of sp³-hybridized carbons (Fsp3) is 0.519. The van der Waals surface area contributed by atoms with Gasteiger partial charge in [0.25, 0.3) is 0 Å². The van der Waals surface area contributed by atoms with Crippen molar-refractivity contribution in [2.45, 2.75) is 38.6 Å². The molecule has 1 fully saturated rings. The number of hydrogen-bond acceptors (Lipinski definition) is 7. The molecule has 0 bridgehead atoms. The number of carboxylic acid groups (broad SMARTS) is 1. The summed E-state index contributed by atoms with van der Waals surface area (Å²) < 4.78 is 22.9. The summed E-state index contributed by atoms with van der Waals surface area (Å²) in [4.78, 5) is 15.5. The maximum absolute atomic E-state index is 10.7. The Bertz CT molecular complexity index is 954. The lowest BCUT2D eigenvalue weighted by Gasteiger charge is -2.37. The van der Waals surface area contributed by atoms with Gasteiger partial charge in [0, 0.05) is 44.7 Å². The Hall–Kier alpha value is -2.55. The average Bonchev–Trinajstić information content (AvgIpc) is 2.88. The number of carbonyl (C=O) groups is 1. The first kappa shape index (κ1) is 32.5. The van der Waals surface area contributed by atoms with E-state index in [0.29, 0.717) is 24.5 Å². The van der Waals surface area contributed by atoms with E-state index in [1.165, 1.54) is 0 Å². The van der Waals surface area contributed by atoms with E-state index in [2.05, 4.69) is 21.9 Å². The van der Waals surface area contributed by atoms with Crippen LogP contribution in [0.4, 0.5) is 5.69 Å². The van der Waals surface area contributed by atoms with Crippen LogP contribution in [0.25, 0.3) is 0 Å². The van der Waals surface area contributed by atoms with Crippen LogP contribution < -0.4 is 23.8 Å². The van der Waals surface area contributed by atoms with Gasteiger partial charge in [0.1, 0.15) is 5.75 Å². The smallest absolute Gasteiger partial charge is 0.303 e. The van der Waals surface area contributed by atoms with Crippen molar-refractivity contribution in [3.8, 4) is 23.0 Å². The average molecular weight is 560 g/mol. The minimum absolute atomic E-state index is 0. The highest BCUT2D eigenvalue weighted by Crippen LogP contribution is 2.41. The number of nitrogens with zero attached hydrogens (tertiary/aromatic N) is 2. The van der Waals surface area contributed by atoms with Crippen LogP contribution in [0.2, 0.25) is 0 Å². The lowest BCUT2D eigenvalue weighted by molar-refractivity contribution is -0.137. The van der Waals surface area contributed by atoms with Gasteiger partial charge in [0.2, 0.25) is 5.75 Å². The number of unbranched alkanes of at least 4 members (excludes halogenated alkanes) is 3. The first-order valence-corrected chi connectivity index (χ1v) is 12.3. The fourth-order valence-electron chi connectivity index (χ4n) is 4.41. The van der Waals surface area contributed by atoms with Crippen LogP contribution in [0.5, 0.6) is 23.0 Å². The fourth-order valence-corrected chi connectivity index (χ4v) is 4.41. The van der Waals surface area contributed by atoms with E-state index >= 15 is 0 Å². The molecule has 0 aromatic heterocycles. The number of piperazine rings is 1. The van der Waals surface area contributed by atoms with Crippen molar-refractivity contribution in [1.29, 1.82) is 0 Å². The maximum Gasteiger partial charge on any atom is 0.303 e. The van der Waals surface area contributed by atoms with E-state index in [-0.39, 0.29) is 31.2 Å². The third-order valence-corrected chi connectivity index (χ3v) is 6.31. The van der Waals surface area contributed by atoms with Gasteiger partial charge < -0.3 is 29.0 Å². The van der Waals surface area contributed by atoms with Gasteiger partial charge in [0.05, 0.1) is 33.6 Å².